The molecule has 0 radical (unpaired) electrons. The molecule has 2 aromatic heterocycles. The number of amides is 1. The number of nitrogens with two attached hydrogens (primary N) is 1. The van der Waals surface area contributed by atoms with Gasteiger partial charge in [-0.25, -0.2) is 9.97 Å². The predicted molar refractivity (Wildman–Crippen MR) is 100 cm³/mol. The molecule has 0 fully saturated rings. The van der Waals surface area contributed by atoms with Crippen molar-refractivity contribution in [1.29, 1.82) is 5.26 Å². The summed E-state index contributed by atoms with van der Waals surface area (Å²) in [6.07, 6.45) is 1.71. The lowest BCUT2D eigenvalue weighted by Gasteiger charge is -2.12. The number of hydrogen-bond donors (Lipinski definition) is 2. The summed E-state index contributed by atoms with van der Waals surface area (Å²) in [6, 6.07) is 11.3. The van der Waals surface area contributed by atoms with E-state index in [9.17, 15) is 10.1 Å². The fourth-order valence-corrected chi connectivity index (χ4v) is 2.74. The Bertz CT molecular complexity index is 1040. The molecule has 3 N–H and O–H groups in total. The molecule has 0 saturated heterocycles. The number of aromatic nitrogens is 3. The number of aryl methyl sites for hydroxylation is 1. The fourth-order valence-electron chi connectivity index (χ4n) is 2.74. The first-order valence-corrected chi connectivity index (χ1v) is 7.98. The van der Waals surface area contributed by atoms with E-state index < -0.39 is 0 Å². The van der Waals surface area contributed by atoms with Crippen LogP contribution in [0.5, 0.6) is 0 Å². The van der Waals surface area contributed by atoms with Gasteiger partial charge in [-0.1, -0.05) is 12.1 Å². The molecule has 3 aromatic rings. The Morgan fingerprint density at radius 1 is 1.35 bits per heavy atom. The first-order chi connectivity index (χ1) is 12.4. The van der Waals surface area contributed by atoms with E-state index in [1.807, 2.05) is 42.8 Å². The molecule has 0 aliphatic rings. The Labute approximate surface area is 151 Å². The van der Waals surface area contributed by atoms with Crippen LogP contribution in [-0.4, -0.2) is 20.4 Å². The fraction of sp³-hybridized carbons (Fsp3) is 0.158. The molecule has 26 heavy (non-hydrogen) atoms. The van der Waals surface area contributed by atoms with Crippen LogP contribution in [-0.2, 0) is 11.8 Å². The van der Waals surface area contributed by atoms with Crippen molar-refractivity contribution in [3.05, 3.63) is 47.9 Å². The number of nitrogens with one attached hydrogen (secondary N) is 1. The van der Waals surface area contributed by atoms with E-state index in [0.29, 0.717) is 22.5 Å². The van der Waals surface area contributed by atoms with Gasteiger partial charge in [0, 0.05) is 30.8 Å². The second kappa shape index (κ2) is 6.69. The predicted octanol–water partition coefficient (Wildman–Crippen LogP) is 2.87. The highest BCUT2D eigenvalue weighted by molar-refractivity contribution is 5.89. The number of nitriles is 1. The molecular formula is C19H18N6O. The Hall–Kier alpha value is -3.66. The van der Waals surface area contributed by atoms with Crippen LogP contribution in [0, 0.1) is 18.3 Å². The van der Waals surface area contributed by atoms with E-state index in [0.717, 1.165) is 17.1 Å². The lowest BCUT2D eigenvalue weighted by atomic mass is 10.0. The summed E-state index contributed by atoms with van der Waals surface area (Å²) in [7, 11) is 1.88. The van der Waals surface area contributed by atoms with Crippen molar-refractivity contribution < 1.29 is 4.79 Å². The van der Waals surface area contributed by atoms with E-state index in [1.54, 1.807) is 12.3 Å². The zero-order valence-electron chi connectivity index (χ0n) is 14.7. The third kappa shape index (κ3) is 3.13. The summed E-state index contributed by atoms with van der Waals surface area (Å²) in [5.74, 6) is 0.831. The number of hydrogen-bond acceptors (Lipinski definition) is 5. The van der Waals surface area contributed by atoms with Crippen LogP contribution in [0.1, 0.15) is 18.3 Å². The van der Waals surface area contributed by atoms with Crippen LogP contribution < -0.4 is 11.1 Å². The Morgan fingerprint density at radius 2 is 2.12 bits per heavy atom. The second-order valence-electron chi connectivity index (χ2n) is 5.94. The lowest BCUT2D eigenvalue weighted by Crippen LogP contribution is -2.06. The van der Waals surface area contributed by atoms with E-state index in [-0.39, 0.29) is 11.7 Å². The zero-order chi connectivity index (χ0) is 18.8. The Kier molecular flexibility index (Phi) is 4.42. The molecule has 0 spiro atoms. The van der Waals surface area contributed by atoms with Crippen molar-refractivity contribution in [2.45, 2.75) is 13.8 Å². The number of carbonyl (C=O) groups is 1. The van der Waals surface area contributed by atoms with Crippen molar-refractivity contribution >= 4 is 17.4 Å². The van der Waals surface area contributed by atoms with Crippen molar-refractivity contribution in [2.75, 3.05) is 11.1 Å². The van der Waals surface area contributed by atoms with Gasteiger partial charge in [0.15, 0.2) is 0 Å². The normalized spacial score (nSPS) is 10.4. The van der Waals surface area contributed by atoms with Crippen LogP contribution in [0.2, 0.25) is 0 Å². The van der Waals surface area contributed by atoms with E-state index >= 15 is 0 Å². The van der Waals surface area contributed by atoms with Crippen LogP contribution in [0.15, 0.2) is 36.5 Å². The van der Waals surface area contributed by atoms with Gasteiger partial charge in [0.05, 0.1) is 17.6 Å². The molecule has 0 aliphatic carbocycles. The van der Waals surface area contributed by atoms with Crippen LogP contribution >= 0.6 is 0 Å². The molecule has 1 aromatic carbocycles. The summed E-state index contributed by atoms with van der Waals surface area (Å²) >= 11 is 0. The molecule has 0 unspecified atom stereocenters. The molecular weight excluding hydrogens is 328 g/mol. The maximum atomic E-state index is 11.3. The maximum Gasteiger partial charge on any atom is 0.221 e. The van der Waals surface area contributed by atoms with Gasteiger partial charge >= 0.3 is 0 Å². The molecule has 2 heterocycles. The highest BCUT2D eigenvalue weighted by Crippen LogP contribution is 2.32. The minimum absolute atomic E-state index is 0.152. The minimum atomic E-state index is -0.152. The first-order valence-electron chi connectivity index (χ1n) is 7.98. The molecule has 7 nitrogen and oxygen atoms in total. The van der Waals surface area contributed by atoms with Crippen LogP contribution in [0.4, 0.5) is 11.5 Å². The summed E-state index contributed by atoms with van der Waals surface area (Å²) < 4.78 is 1.90. The number of pyridine rings is 1. The van der Waals surface area contributed by atoms with E-state index in [1.165, 1.54) is 6.92 Å². The van der Waals surface area contributed by atoms with Crippen LogP contribution in [0.3, 0.4) is 0 Å². The smallest absolute Gasteiger partial charge is 0.221 e. The SMILES string of the molecule is CC(=O)Nc1cccc(-c2cc(-c3cnc(C)n3C)c(C#N)c(N)n2)c1. The average molecular weight is 346 g/mol. The molecule has 7 heteroatoms. The molecule has 0 atom stereocenters. The van der Waals surface area contributed by atoms with Gasteiger partial charge in [0.25, 0.3) is 0 Å². The van der Waals surface area contributed by atoms with Crippen molar-refractivity contribution in [1.82, 2.24) is 14.5 Å². The highest BCUT2D eigenvalue weighted by Gasteiger charge is 2.16. The van der Waals surface area contributed by atoms with Crippen molar-refractivity contribution in [3.8, 4) is 28.6 Å². The third-order valence-corrected chi connectivity index (χ3v) is 4.13. The number of nitrogen functional groups attached to an aromatic ring is 1. The van der Waals surface area contributed by atoms with Gasteiger partial charge in [-0.05, 0) is 25.1 Å². The van der Waals surface area contributed by atoms with Gasteiger partial charge in [-0.2, -0.15) is 5.26 Å². The minimum Gasteiger partial charge on any atom is -0.383 e. The van der Waals surface area contributed by atoms with Gasteiger partial charge < -0.3 is 15.6 Å². The zero-order valence-corrected chi connectivity index (χ0v) is 14.7. The third-order valence-electron chi connectivity index (χ3n) is 4.13. The topological polar surface area (TPSA) is 110 Å². The summed E-state index contributed by atoms with van der Waals surface area (Å²) in [6.45, 7) is 3.34. The van der Waals surface area contributed by atoms with Crippen molar-refractivity contribution in [2.24, 2.45) is 7.05 Å². The standard InChI is InChI=1S/C19H18N6O/c1-11-22-10-18(25(11)3)15-8-17(24-19(21)16(15)9-20)13-5-4-6-14(7-13)23-12(2)26/h4-8,10H,1-3H3,(H2,21,24)(H,23,26). The summed E-state index contributed by atoms with van der Waals surface area (Å²) in [5.41, 5.74) is 9.88. The van der Waals surface area contributed by atoms with Crippen LogP contribution in [0.25, 0.3) is 22.5 Å². The Balaban J connectivity index is 2.18. The number of carbonyl (C=O) groups excluding carboxylic acids is 1. The van der Waals surface area contributed by atoms with E-state index in [4.69, 9.17) is 5.73 Å². The molecule has 130 valence electrons. The monoisotopic (exact) mass is 346 g/mol. The molecule has 0 bridgehead atoms. The number of imidazole rings is 1. The van der Waals surface area contributed by atoms with Gasteiger partial charge in [0.1, 0.15) is 23.3 Å². The first kappa shape index (κ1) is 17.2. The van der Waals surface area contributed by atoms with Gasteiger partial charge in [0.2, 0.25) is 5.91 Å². The van der Waals surface area contributed by atoms with Gasteiger partial charge in [-0.15, -0.1) is 0 Å². The second-order valence-corrected chi connectivity index (χ2v) is 5.94. The van der Waals surface area contributed by atoms with Crippen molar-refractivity contribution in [3.63, 3.8) is 0 Å². The average Bonchev–Trinajstić information content (AvgIpc) is 2.93. The molecule has 1 amide bonds. The lowest BCUT2D eigenvalue weighted by molar-refractivity contribution is -0.114. The maximum absolute atomic E-state index is 11.3. The quantitative estimate of drug-likeness (QED) is 0.758. The summed E-state index contributed by atoms with van der Waals surface area (Å²) in [4.78, 5) is 19.9. The van der Waals surface area contributed by atoms with Gasteiger partial charge in [-0.3, -0.25) is 4.79 Å². The number of benzene rings is 1. The number of nitrogens with zero attached hydrogens (tertiary/aromatic N) is 4. The largest absolute Gasteiger partial charge is 0.383 e. The highest BCUT2D eigenvalue weighted by atomic mass is 16.1. The number of anilines is 2. The Morgan fingerprint density at radius 3 is 2.73 bits per heavy atom. The molecule has 0 saturated carbocycles. The number of rotatable bonds is 3. The van der Waals surface area contributed by atoms with E-state index in [2.05, 4.69) is 21.4 Å². The summed E-state index contributed by atoms with van der Waals surface area (Å²) in [5, 5.41) is 12.3. The molecule has 3 rings (SSSR count). The molecule has 0 aliphatic heterocycles.